The number of amides is 2. The molecule has 0 atom stereocenters. The maximum absolute atomic E-state index is 12.5. The summed E-state index contributed by atoms with van der Waals surface area (Å²) < 4.78 is 10.2. The first-order chi connectivity index (χ1) is 15.4. The number of hydrogen-bond acceptors (Lipinski definition) is 6. The Balaban J connectivity index is 1.72. The van der Waals surface area contributed by atoms with Crippen molar-refractivity contribution in [2.24, 2.45) is 0 Å². The number of rotatable bonds is 8. The summed E-state index contributed by atoms with van der Waals surface area (Å²) >= 11 is 0. The van der Waals surface area contributed by atoms with Crippen molar-refractivity contribution < 1.29 is 18.7 Å². The Kier molecular flexibility index (Phi) is 7.62. The number of hydrogen-bond donors (Lipinski definition) is 2. The van der Waals surface area contributed by atoms with Gasteiger partial charge in [0.2, 0.25) is 5.91 Å². The maximum atomic E-state index is 12.5. The molecule has 0 radical (unpaired) electrons. The van der Waals surface area contributed by atoms with E-state index in [0.717, 1.165) is 28.6 Å². The SMILES string of the molecule is CCOC(=O)Nc1ccc2c(CN(C)CC(=O)Nc3ccccc3CC)cc(=O)oc2c1. The zero-order chi connectivity index (χ0) is 23.1. The van der Waals surface area contributed by atoms with Gasteiger partial charge in [-0.05, 0) is 49.7 Å². The first-order valence-corrected chi connectivity index (χ1v) is 10.5. The fraction of sp³-hybridized carbons (Fsp3) is 0.292. The minimum atomic E-state index is -0.583. The van der Waals surface area contributed by atoms with Crippen LogP contribution < -0.4 is 16.3 Å². The summed E-state index contributed by atoms with van der Waals surface area (Å²) in [5.74, 6) is -0.137. The Morgan fingerprint density at radius 2 is 1.81 bits per heavy atom. The number of fused-ring (bicyclic) bond motifs is 1. The van der Waals surface area contributed by atoms with Gasteiger partial charge in [-0.3, -0.25) is 15.0 Å². The molecule has 0 spiro atoms. The van der Waals surface area contributed by atoms with Crippen LogP contribution in [0.1, 0.15) is 25.0 Å². The van der Waals surface area contributed by atoms with Crippen molar-refractivity contribution in [1.29, 1.82) is 0 Å². The Hall–Kier alpha value is -3.65. The molecule has 168 valence electrons. The predicted octanol–water partition coefficient (Wildman–Crippen LogP) is 3.99. The average molecular weight is 437 g/mol. The summed E-state index contributed by atoms with van der Waals surface area (Å²) in [5.41, 5.74) is 2.90. The molecular formula is C24H27N3O5. The highest BCUT2D eigenvalue weighted by molar-refractivity contribution is 5.93. The van der Waals surface area contributed by atoms with Crippen molar-refractivity contribution in [3.05, 3.63) is 70.1 Å². The standard InChI is InChI=1S/C24H27N3O5/c1-4-16-8-6-7-9-20(16)26-22(28)15-27(3)14-17-12-23(29)32-21-13-18(10-11-19(17)21)25-24(30)31-5-2/h6-13H,4-5,14-15H2,1-3H3,(H,25,30)(H,26,28). The third kappa shape index (κ3) is 5.95. The van der Waals surface area contributed by atoms with Gasteiger partial charge in [0.1, 0.15) is 5.58 Å². The molecule has 0 bridgehead atoms. The van der Waals surface area contributed by atoms with Gasteiger partial charge >= 0.3 is 11.7 Å². The Labute approximate surface area is 186 Å². The summed E-state index contributed by atoms with van der Waals surface area (Å²) in [7, 11) is 1.81. The number of benzene rings is 2. The molecule has 0 saturated heterocycles. The van der Waals surface area contributed by atoms with Gasteiger partial charge in [-0.1, -0.05) is 25.1 Å². The van der Waals surface area contributed by atoms with Crippen LogP contribution in [-0.2, 0) is 22.5 Å². The molecule has 32 heavy (non-hydrogen) atoms. The monoisotopic (exact) mass is 437 g/mol. The van der Waals surface area contributed by atoms with Crippen molar-refractivity contribution in [2.45, 2.75) is 26.8 Å². The second-order valence-corrected chi connectivity index (χ2v) is 7.38. The molecule has 8 heteroatoms. The molecule has 0 aliphatic rings. The second kappa shape index (κ2) is 10.6. The molecule has 3 rings (SSSR count). The van der Waals surface area contributed by atoms with Crippen LogP contribution in [0.25, 0.3) is 11.0 Å². The van der Waals surface area contributed by atoms with Crippen LogP contribution in [0.4, 0.5) is 16.2 Å². The van der Waals surface area contributed by atoms with Gasteiger partial charge in [0.05, 0.1) is 13.2 Å². The van der Waals surface area contributed by atoms with E-state index in [2.05, 4.69) is 10.6 Å². The minimum absolute atomic E-state index is 0.137. The van der Waals surface area contributed by atoms with Crippen molar-refractivity contribution in [3.8, 4) is 0 Å². The van der Waals surface area contributed by atoms with Gasteiger partial charge in [-0.25, -0.2) is 9.59 Å². The Morgan fingerprint density at radius 3 is 2.56 bits per heavy atom. The molecule has 1 aromatic heterocycles. The van der Waals surface area contributed by atoms with Crippen molar-refractivity contribution in [1.82, 2.24) is 4.90 Å². The smallest absolute Gasteiger partial charge is 0.411 e. The summed E-state index contributed by atoms with van der Waals surface area (Å²) in [6.07, 6.45) is 0.242. The van der Waals surface area contributed by atoms with E-state index in [1.54, 1.807) is 25.1 Å². The van der Waals surface area contributed by atoms with Crippen LogP contribution in [0.5, 0.6) is 0 Å². The molecule has 2 amide bonds. The summed E-state index contributed by atoms with van der Waals surface area (Å²) in [6.45, 7) is 4.53. The first kappa shape index (κ1) is 23.0. The van der Waals surface area contributed by atoms with Crippen LogP contribution in [0, 0.1) is 0 Å². The highest BCUT2D eigenvalue weighted by Crippen LogP contribution is 2.22. The largest absolute Gasteiger partial charge is 0.450 e. The minimum Gasteiger partial charge on any atom is -0.450 e. The zero-order valence-electron chi connectivity index (χ0n) is 18.4. The molecule has 0 unspecified atom stereocenters. The van der Waals surface area contributed by atoms with Crippen LogP contribution >= 0.6 is 0 Å². The molecule has 3 aromatic rings. The van der Waals surface area contributed by atoms with Crippen molar-refractivity contribution >= 4 is 34.3 Å². The lowest BCUT2D eigenvalue weighted by Crippen LogP contribution is -2.30. The van der Waals surface area contributed by atoms with E-state index in [9.17, 15) is 14.4 Å². The Morgan fingerprint density at radius 1 is 1.03 bits per heavy atom. The number of nitrogens with one attached hydrogen (secondary N) is 2. The Bertz CT molecular complexity index is 1170. The van der Waals surface area contributed by atoms with Crippen LogP contribution in [0.3, 0.4) is 0 Å². The van der Waals surface area contributed by atoms with Gasteiger partial charge in [-0.15, -0.1) is 0 Å². The number of carbonyl (C=O) groups excluding carboxylic acids is 2. The third-order valence-electron chi connectivity index (χ3n) is 4.88. The quantitative estimate of drug-likeness (QED) is 0.517. The number of anilines is 2. The van der Waals surface area contributed by atoms with E-state index in [4.69, 9.17) is 9.15 Å². The lowest BCUT2D eigenvalue weighted by molar-refractivity contribution is -0.117. The fourth-order valence-electron chi connectivity index (χ4n) is 3.46. The number of carbonyl (C=O) groups is 2. The van der Waals surface area contributed by atoms with E-state index in [0.29, 0.717) is 17.8 Å². The van der Waals surface area contributed by atoms with Gasteiger partial charge in [0.15, 0.2) is 0 Å². The highest BCUT2D eigenvalue weighted by Gasteiger charge is 2.13. The summed E-state index contributed by atoms with van der Waals surface area (Å²) in [4.78, 5) is 38.1. The van der Waals surface area contributed by atoms with Gasteiger partial charge in [-0.2, -0.15) is 0 Å². The molecule has 8 nitrogen and oxygen atoms in total. The molecule has 2 N–H and O–H groups in total. The number of ether oxygens (including phenoxy) is 1. The molecule has 0 aliphatic heterocycles. The average Bonchev–Trinajstić information content (AvgIpc) is 2.73. The lowest BCUT2D eigenvalue weighted by atomic mass is 10.1. The first-order valence-electron chi connectivity index (χ1n) is 10.5. The highest BCUT2D eigenvalue weighted by atomic mass is 16.5. The number of aryl methyl sites for hydroxylation is 1. The molecule has 0 aliphatic carbocycles. The van der Waals surface area contributed by atoms with Crippen LogP contribution in [0.2, 0.25) is 0 Å². The predicted molar refractivity (Wildman–Crippen MR) is 124 cm³/mol. The summed E-state index contributed by atoms with van der Waals surface area (Å²) in [5, 5.41) is 6.26. The molecule has 1 heterocycles. The van der Waals surface area contributed by atoms with E-state index in [1.165, 1.54) is 6.07 Å². The molecular weight excluding hydrogens is 410 g/mol. The topological polar surface area (TPSA) is 101 Å². The third-order valence-corrected chi connectivity index (χ3v) is 4.88. The number of para-hydroxylation sites is 1. The molecule has 0 fully saturated rings. The number of nitrogens with zero attached hydrogens (tertiary/aromatic N) is 1. The van der Waals surface area contributed by atoms with Gasteiger partial charge in [0.25, 0.3) is 0 Å². The van der Waals surface area contributed by atoms with Crippen LogP contribution in [0.15, 0.2) is 57.7 Å². The number of likely N-dealkylation sites (N-methyl/N-ethyl adjacent to an activating group) is 1. The van der Waals surface area contributed by atoms with Gasteiger partial charge < -0.3 is 14.5 Å². The summed E-state index contributed by atoms with van der Waals surface area (Å²) in [6, 6.07) is 14.2. The zero-order valence-corrected chi connectivity index (χ0v) is 18.4. The van der Waals surface area contributed by atoms with E-state index < -0.39 is 11.7 Å². The van der Waals surface area contributed by atoms with Crippen molar-refractivity contribution in [2.75, 3.05) is 30.8 Å². The second-order valence-electron chi connectivity index (χ2n) is 7.38. The maximum Gasteiger partial charge on any atom is 0.411 e. The van der Waals surface area contributed by atoms with E-state index in [1.807, 2.05) is 43.1 Å². The molecule has 2 aromatic carbocycles. The van der Waals surface area contributed by atoms with Crippen molar-refractivity contribution in [3.63, 3.8) is 0 Å². The van der Waals surface area contributed by atoms with E-state index in [-0.39, 0.29) is 19.1 Å². The molecule has 0 saturated carbocycles. The van der Waals surface area contributed by atoms with Gasteiger partial charge in [0, 0.05) is 35.4 Å². The fourth-order valence-corrected chi connectivity index (χ4v) is 3.46. The van der Waals surface area contributed by atoms with E-state index >= 15 is 0 Å². The van der Waals surface area contributed by atoms with Crippen LogP contribution in [-0.4, -0.2) is 37.1 Å². The lowest BCUT2D eigenvalue weighted by Gasteiger charge is -2.18. The normalized spacial score (nSPS) is 10.9.